The summed E-state index contributed by atoms with van der Waals surface area (Å²) in [5, 5.41) is 4.87. The maximum absolute atomic E-state index is 12.5. The maximum atomic E-state index is 12.5. The molecular formula is C16H22N2O2S. The third-order valence-corrected chi connectivity index (χ3v) is 6.18. The van der Waals surface area contributed by atoms with E-state index in [-0.39, 0.29) is 6.04 Å². The molecule has 114 valence electrons. The van der Waals surface area contributed by atoms with Crippen LogP contribution in [0.3, 0.4) is 0 Å². The lowest BCUT2D eigenvalue weighted by molar-refractivity contribution is 0.253. The van der Waals surface area contributed by atoms with Gasteiger partial charge in [-0.15, -0.1) is 0 Å². The zero-order chi connectivity index (χ0) is 14.9. The van der Waals surface area contributed by atoms with Gasteiger partial charge < -0.3 is 5.32 Å². The fourth-order valence-corrected chi connectivity index (χ4v) is 4.47. The molecule has 5 heteroatoms. The van der Waals surface area contributed by atoms with E-state index >= 15 is 0 Å². The Hall–Kier alpha value is -1.17. The van der Waals surface area contributed by atoms with Gasteiger partial charge >= 0.3 is 0 Å². The molecule has 0 amide bonds. The molecular weight excluding hydrogens is 284 g/mol. The summed E-state index contributed by atoms with van der Waals surface area (Å²) in [7, 11) is -1.64. The third-order valence-electron chi connectivity index (χ3n) is 4.60. The summed E-state index contributed by atoms with van der Waals surface area (Å²) >= 11 is 0. The minimum atomic E-state index is -3.35. The Kier molecular flexibility index (Phi) is 4.15. The zero-order valence-corrected chi connectivity index (χ0v) is 13.1. The Morgan fingerprint density at radius 2 is 1.76 bits per heavy atom. The first-order valence-corrected chi connectivity index (χ1v) is 9.02. The topological polar surface area (TPSA) is 49.4 Å². The van der Waals surface area contributed by atoms with Crippen LogP contribution >= 0.6 is 0 Å². The fourth-order valence-electron chi connectivity index (χ4n) is 3.36. The van der Waals surface area contributed by atoms with E-state index in [9.17, 15) is 8.42 Å². The SMILES string of the molecule is CN(C1CC2CCC(C1)N2)S(=O)(=O)/C=C/c1ccccc1. The third kappa shape index (κ3) is 3.36. The molecule has 0 aliphatic carbocycles. The van der Waals surface area contributed by atoms with E-state index in [1.54, 1.807) is 17.4 Å². The smallest absolute Gasteiger partial charge is 0.236 e. The number of sulfonamides is 1. The lowest BCUT2D eigenvalue weighted by atomic mass is 10.0. The van der Waals surface area contributed by atoms with Crippen LogP contribution in [0.1, 0.15) is 31.2 Å². The molecule has 2 saturated heterocycles. The highest BCUT2D eigenvalue weighted by Gasteiger charge is 2.37. The molecule has 2 fully saturated rings. The lowest BCUT2D eigenvalue weighted by Crippen LogP contribution is -2.48. The van der Waals surface area contributed by atoms with Crippen molar-refractivity contribution in [1.29, 1.82) is 0 Å². The molecule has 1 N–H and O–H groups in total. The van der Waals surface area contributed by atoms with Crippen molar-refractivity contribution in [1.82, 2.24) is 9.62 Å². The molecule has 2 aliphatic heterocycles. The van der Waals surface area contributed by atoms with Crippen molar-refractivity contribution in [3.63, 3.8) is 0 Å². The van der Waals surface area contributed by atoms with Gasteiger partial charge in [0.05, 0.1) is 0 Å². The Bertz CT molecular complexity index is 600. The van der Waals surface area contributed by atoms with Crippen molar-refractivity contribution in [2.45, 2.75) is 43.8 Å². The number of hydrogen-bond donors (Lipinski definition) is 1. The van der Waals surface area contributed by atoms with E-state index in [0.29, 0.717) is 12.1 Å². The largest absolute Gasteiger partial charge is 0.311 e. The van der Waals surface area contributed by atoms with Crippen molar-refractivity contribution >= 4 is 16.1 Å². The van der Waals surface area contributed by atoms with E-state index in [2.05, 4.69) is 5.32 Å². The molecule has 4 nitrogen and oxygen atoms in total. The average molecular weight is 306 g/mol. The fraction of sp³-hybridized carbons (Fsp3) is 0.500. The molecule has 1 aromatic rings. The first-order chi connectivity index (χ1) is 10.0. The summed E-state index contributed by atoms with van der Waals surface area (Å²) in [6.45, 7) is 0. The van der Waals surface area contributed by atoms with Gasteiger partial charge in [-0.05, 0) is 37.3 Å². The summed E-state index contributed by atoms with van der Waals surface area (Å²) in [6.07, 6.45) is 5.86. The summed E-state index contributed by atoms with van der Waals surface area (Å²) < 4.78 is 26.5. The summed E-state index contributed by atoms with van der Waals surface area (Å²) in [5.41, 5.74) is 0.903. The quantitative estimate of drug-likeness (QED) is 0.928. The minimum Gasteiger partial charge on any atom is -0.311 e. The molecule has 0 saturated carbocycles. The predicted molar refractivity (Wildman–Crippen MR) is 85.1 cm³/mol. The second kappa shape index (κ2) is 5.91. The minimum absolute atomic E-state index is 0.120. The van der Waals surface area contributed by atoms with Gasteiger partial charge in [0.2, 0.25) is 10.0 Å². The molecule has 1 aromatic carbocycles. The number of hydrogen-bond acceptors (Lipinski definition) is 3. The summed E-state index contributed by atoms with van der Waals surface area (Å²) in [5.74, 6) is 0. The van der Waals surface area contributed by atoms with Crippen molar-refractivity contribution in [3.05, 3.63) is 41.3 Å². The van der Waals surface area contributed by atoms with Gasteiger partial charge in [0.15, 0.2) is 0 Å². The standard InChI is InChI=1S/C16H22N2O2S/c1-18(16-11-14-7-8-15(12-16)17-14)21(19,20)10-9-13-5-3-2-4-6-13/h2-6,9-10,14-17H,7-8,11-12H2,1H3/b10-9+. The summed E-state index contributed by atoms with van der Waals surface area (Å²) in [4.78, 5) is 0. The molecule has 2 bridgehead atoms. The highest BCUT2D eigenvalue weighted by atomic mass is 32.2. The van der Waals surface area contributed by atoms with Crippen LogP contribution in [0.15, 0.2) is 35.7 Å². The highest BCUT2D eigenvalue weighted by molar-refractivity contribution is 7.92. The van der Waals surface area contributed by atoms with Crippen molar-refractivity contribution in [2.75, 3.05) is 7.05 Å². The Labute approximate surface area is 126 Å². The van der Waals surface area contributed by atoms with Crippen LogP contribution in [0.25, 0.3) is 6.08 Å². The van der Waals surface area contributed by atoms with Crippen LogP contribution in [0, 0.1) is 0 Å². The van der Waals surface area contributed by atoms with Crippen molar-refractivity contribution in [3.8, 4) is 0 Å². The zero-order valence-electron chi connectivity index (χ0n) is 12.3. The van der Waals surface area contributed by atoms with E-state index in [1.165, 1.54) is 18.2 Å². The van der Waals surface area contributed by atoms with E-state index in [0.717, 1.165) is 18.4 Å². The van der Waals surface area contributed by atoms with E-state index in [4.69, 9.17) is 0 Å². The van der Waals surface area contributed by atoms with Crippen LogP contribution in [-0.2, 0) is 10.0 Å². The number of nitrogens with zero attached hydrogens (tertiary/aromatic N) is 1. The molecule has 2 atom stereocenters. The molecule has 2 heterocycles. The maximum Gasteiger partial charge on any atom is 0.236 e. The second-order valence-corrected chi connectivity index (χ2v) is 7.92. The Morgan fingerprint density at radius 1 is 1.14 bits per heavy atom. The van der Waals surface area contributed by atoms with Gasteiger partial charge in [-0.1, -0.05) is 30.3 Å². The second-order valence-electron chi connectivity index (χ2n) is 6.04. The Morgan fingerprint density at radius 3 is 2.38 bits per heavy atom. The number of fused-ring (bicyclic) bond motifs is 2. The summed E-state index contributed by atoms with van der Waals surface area (Å²) in [6, 6.07) is 10.6. The Balaban J connectivity index is 1.71. The van der Waals surface area contributed by atoms with Crippen LogP contribution in [0.5, 0.6) is 0 Å². The monoisotopic (exact) mass is 306 g/mol. The number of nitrogens with one attached hydrogen (secondary N) is 1. The lowest BCUT2D eigenvalue weighted by Gasteiger charge is -2.34. The number of piperidine rings is 1. The van der Waals surface area contributed by atoms with Gasteiger partial charge in [-0.25, -0.2) is 8.42 Å². The van der Waals surface area contributed by atoms with Crippen molar-refractivity contribution < 1.29 is 8.42 Å². The molecule has 0 aromatic heterocycles. The van der Waals surface area contributed by atoms with Crippen LogP contribution in [0.2, 0.25) is 0 Å². The first kappa shape index (κ1) is 14.8. The van der Waals surface area contributed by atoms with Gasteiger partial charge in [0.25, 0.3) is 0 Å². The average Bonchev–Trinajstić information content (AvgIpc) is 2.84. The normalized spacial score (nSPS) is 29.3. The predicted octanol–water partition coefficient (Wildman–Crippen LogP) is 2.20. The van der Waals surface area contributed by atoms with Gasteiger partial charge in [0, 0.05) is 30.6 Å². The van der Waals surface area contributed by atoms with Crippen LogP contribution < -0.4 is 5.32 Å². The number of benzene rings is 1. The molecule has 2 unspecified atom stereocenters. The molecule has 3 rings (SSSR count). The molecule has 21 heavy (non-hydrogen) atoms. The van der Waals surface area contributed by atoms with Crippen LogP contribution in [-0.4, -0.2) is 37.9 Å². The molecule has 0 spiro atoms. The van der Waals surface area contributed by atoms with E-state index < -0.39 is 10.0 Å². The van der Waals surface area contributed by atoms with Crippen LogP contribution in [0.4, 0.5) is 0 Å². The molecule has 2 aliphatic rings. The van der Waals surface area contributed by atoms with Gasteiger partial charge in [-0.3, -0.25) is 0 Å². The van der Waals surface area contributed by atoms with Gasteiger partial charge in [0.1, 0.15) is 0 Å². The molecule has 0 radical (unpaired) electrons. The van der Waals surface area contributed by atoms with E-state index in [1.807, 2.05) is 30.3 Å². The first-order valence-electron chi connectivity index (χ1n) is 7.52. The highest BCUT2D eigenvalue weighted by Crippen LogP contribution is 2.30. The number of rotatable bonds is 4. The van der Waals surface area contributed by atoms with Gasteiger partial charge in [-0.2, -0.15) is 4.31 Å². The van der Waals surface area contributed by atoms with Crippen molar-refractivity contribution in [2.24, 2.45) is 0 Å².